The Bertz CT molecular complexity index is 425. The normalized spacial score (nSPS) is 27.2. The van der Waals surface area contributed by atoms with Gasteiger partial charge in [0.25, 0.3) is 0 Å². The second-order valence-corrected chi connectivity index (χ2v) is 5.78. The van der Waals surface area contributed by atoms with Gasteiger partial charge >= 0.3 is 0 Å². The van der Waals surface area contributed by atoms with Crippen LogP contribution in [-0.4, -0.2) is 24.0 Å². The SMILES string of the molecule is Cc1ccc(/C=C2\CCCCC2N2CCC2)cc1. The molecule has 1 unspecified atom stereocenters. The smallest absolute Gasteiger partial charge is 0.0310 e. The molecule has 3 rings (SSSR count). The van der Waals surface area contributed by atoms with E-state index in [0.717, 1.165) is 6.04 Å². The maximum Gasteiger partial charge on any atom is 0.0310 e. The molecule has 0 aromatic heterocycles. The van der Waals surface area contributed by atoms with Crippen LogP contribution in [0.1, 0.15) is 43.2 Å². The van der Waals surface area contributed by atoms with Gasteiger partial charge in [0.05, 0.1) is 0 Å². The van der Waals surface area contributed by atoms with Crippen molar-refractivity contribution in [2.45, 2.75) is 45.1 Å². The maximum atomic E-state index is 2.67. The summed E-state index contributed by atoms with van der Waals surface area (Å²) in [4.78, 5) is 2.67. The molecule has 1 nitrogen and oxygen atoms in total. The third kappa shape index (κ3) is 2.51. The lowest BCUT2D eigenvalue weighted by atomic mass is 9.86. The topological polar surface area (TPSA) is 3.24 Å². The predicted octanol–water partition coefficient (Wildman–Crippen LogP) is 4.03. The van der Waals surface area contributed by atoms with Crippen LogP contribution in [0.15, 0.2) is 29.8 Å². The highest BCUT2D eigenvalue weighted by atomic mass is 15.2. The highest BCUT2D eigenvalue weighted by molar-refractivity contribution is 5.54. The van der Waals surface area contributed by atoms with Gasteiger partial charge in [0, 0.05) is 6.04 Å². The van der Waals surface area contributed by atoms with Crippen LogP contribution in [-0.2, 0) is 0 Å². The Labute approximate surface area is 111 Å². The Morgan fingerprint density at radius 3 is 2.50 bits per heavy atom. The quantitative estimate of drug-likeness (QED) is 0.755. The highest BCUT2D eigenvalue weighted by Crippen LogP contribution is 2.31. The summed E-state index contributed by atoms with van der Waals surface area (Å²) >= 11 is 0. The number of rotatable bonds is 2. The van der Waals surface area contributed by atoms with Gasteiger partial charge < -0.3 is 0 Å². The molecule has 1 heteroatoms. The third-order valence-corrected chi connectivity index (χ3v) is 4.38. The van der Waals surface area contributed by atoms with E-state index in [1.165, 1.54) is 56.3 Å². The van der Waals surface area contributed by atoms with Crippen LogP contribution in [0.4, 0.5) is 0 Å². The summed E-state index contributed by atoms with van der Waals surface area (Å²) in [5.74, 6) is 0. The molecule has 1 aliphatic carbocycles. The first kappa shape index (κ1) is 12.0. The molecule has 0 amide bonds. The van der Waals surface area contributed by atoms with Gasteiger partial charge in [-0.15, -0.1) is 0 Å². The fourth-order valence-electron chi connectivity index (χ4n) is 3.13. The molecule has 18 heavy (non-hydrogen) atoms. The van der Waals surface area contributed by atoms with Crippen molar-refractivity contribution < 1.29 is 0 Å². The molecule has 0 N–H and O–H groups in total. The number of aryl methyl sites for hydroxylation is 1. The molecular weight excluding hydrogens is 218 g/mol. The van der Waals surface area contributed by atoms with Gasteiger partial charge in [-0.1, -0.05) is 47.9 Å². The van der Waals surface area contributed by atoms with Gasteiger partial charge in [-0.2, -0.15) is 0 Å². The van der Waals surface area contributed by atoms with Crippen LogP contribution in [0.3, 0.4) is 0 Å². The molecule has 0 radical (unpaired) electrons. The van der Waals surface area contributed by atoms with Crippen molar-refractivity contribution in [1.82, 2.24) is 4.90 Å². The highest BCUT2D eigenvalue weighted by Gasteiger charge is 2.28. The maximum absolute atomic E-state index is 2.67. The number of hydrogen-bond donors (Lipinski definition) is 0. The van der Waals surface area contributed by atoms with E-state index in [-0.39, 0.29) is 0 Å². The van der Waals surface area contributed by atoms with E-state index in [1.54, 1.807) is 5.57 Å². The summed E-state index contributed by atoms with van der Waals surface area (Å²) in [6.45, 7) is 4.78. The van der Waals surface area contributed by atoms with E-state index in [1.807, 2.05) is 0 Å². The van der Waals surface area contributed by atoms with E-state index in [2.05, 4.69) is 42.2 Å². The molecule has 2 aliphatic rings. The van der Waals surface area contributed by atoms with Crippen LogP contribution in [0.25, 0.3) is 6.08 Å². The van der Waals surface area contributed by atoms with Gasteiger partial charge in [-0.3, -0.25) is 4.90 Å². The molecule has 1 saturated carbocycles. The fraction of sp³-hybridized carbons (Fsp3) is 0.529. The Kier molecular flexibility index (Phi) is 3.51. The lowest BCUT2D eigenvalue weighted by molar-refractivity contribution is 0.121. The first-order chi connectivity index (χ1) is 8.83. The summed E-state index contributed by atoms with van der Waals surface area (Å²) < 4.78 is 0. The molecule has 96 valence electrons. The van der Waals surface area contributed by atoms with Crippen LogP contribution >= 0.6 is 0 Å². The van der Waals surface area contributed by atoms with E-state index in [9.17, 15) is 0 Å². The van der Waals surface area contributed by atoms with Crippen molar-refractivity contribution in [2.24, 2.45) is 0 Å². The van der Waals surface area contributed by atoms with E-state index in [0.29, 0.717) is 0 Å². The predicted molar refractivity (Wildman–Crippen MR) is 77.6 cm³/mol. The van der Waals surface area contributed by atoms with Crippen LogP contribution in [0, 0.1) is 6.92 Å². The van der Waals surface area contributed by atoms with Crippen molar-refractivity contribution in [3.63, 3.8) is 0 Å². The van der Waals surface area contributed by atoms with Crippen molar-refractivity contribution in [3.05, 3.63) is 41.0 Å². The van der Waals surface area contributed by atoms with Gasteiger partial charge in [-0.25, -0.2) is 0 Å². The van der Waals surface area contributed by atoms with Crippen LogP contribution in [0.2, 0.25) is 0 Å². The van der Waals surface area contributed by atoms with Gasteiger partial charge in [0.2, 0.25) is 0 Å². The lowest BCUT2D eigenvalue weighted by Gasteiger charge is -2.42. The Hall–Kier alpha value is -1.08. The Balaban J connectivity index is 1.80. The first-order valence-corrected chi connectivity index (χ1v) is 7.34. The lowest BCUT2D eigenvalue weighted by Crippen LogP contribution is -2.46. The monoisotopic (exact) mass is 241 g/mol. The molecule has 2 fully saturated rings. The Morgan fingerprint density at radius 1 is 1.06 bits per heavy atom. The fourth-order valence-corrected chi connectivity index (χ4v) is 3.13. The standard InChI is InChI=1S/C17H23N/c1-14-7-9-15(10-8-14)13-16-5-2-3-6-17(16)18-11-4-12-18/h7-10,13,17H,2-6,11-12H2,1H3/b16-13+. The van der Waals surface area contributed by atoms with E-state index in [4.69, 9.17) is 0 Å². The third-order valence-electron chi connectivity index (χ3n) is 4.38. The second kappa shape index (κ2) is 5.27. The molecule has 1 aromatic rings. The number of benzene rings is 1. The molecule has 1 aliphatic heterocycles. The van der Waals surface area contributed by atoms with Gasteiger partial charge in [-0.05, 0) is 51.3 Å². The van der Waals surface area contributed by atoms with Gasteiger partial charge in [0.15, 0.2) is 0 Å². The van der Waals surface area contributed by atoms with Crippen LogP contribution < -0.4 is 0 Å². The van der Waals surface area contributed by atoms with Crippen molar-refractivity contribution >= 4 is 6.08 Å². The summed E-state index contributed by atoms with van der Waals surface area (Å²) in [6.07, 6.45) is 9.30. The zero-order chi connectivity index (χ0) is 12.4. The van der Waals surface area contributed by atoms with Gasteiger partial charge in [0.1, 0.15) is 0 Å². The molecule has 1 atom stereocenters. The molecular formula is C17H23N. The van der Waals surface area contributed by atoms with Crippen LogP contribution in [0.5, 0.6) is 0 Å². The molecule has 1 saturated heterocycles. The summed E-state index contributed by atoms with van der Waals surface area (Å²) in [7, 11) is 0. The average Bonchev–Trinajstić information content (AvgIpc) is 2.32. The number of hydrogen-bond acceptors (Lipinski definition) is 1. The van der Waals surface area contributed by atoms with Crippen molar-refractivity contribution in [3.8, 4) is 0 Å². The van der Waals surface area contributed by atoms with E-state index >= 15 is 0 Å². The molecule has 1 aromatic carbocycles. The minimum Gasteiger partial charge on any atom is -0.297 e. The van der Waals surface area contributed by atoms with E-state index < -0.39 is 0 Å². The number of nitrogens with zero attached hydrogens (tertiary/aromatic N) is 1. The summed E-state index contributed by atoms with van der Waals surface area (Å²) in [6, 6.07) is 9.68. The zero-order valence-electron chi connectivity index (χ0n) is 11.4. The van der Waals surface area contributed by atoms with Crippen molar-refractivity contribution in [2.75, 3.05) is 13.1 Å². The summed E-state index contributed by atoms with van der Waals surface area (Å²) in [5, 5.41) is 0. The number of likely N-dealkylation sites (tertiary alicyclic amines) is 1. The first-order valence-electron chi connectivity index (χ1n) is 7.34. The molecule has 1 heterocycles. The van der Waals surface area contributed by atoms with Crippen molar-refractivity contribution in [1.29, 1.82) is 0 Å². The Morgan fingerprint density at radius 2 is 1.83 bits per heavy atom. The zero-order valence-corrected chi connectivity index (χ0v) is 11.4. The minimum atomic E-state index is 0.744. The largest absolute Gasteiger partial charge is 0.297 e. The molecule has 0 spiro atoms. The average molecular weight is 241 g/mol. The summed E-state index contributed by atoms with van der Waals surface area (Å²) in [5.41, 5.74) is 4.40. The molecule has 0 bridgehead atoms. The minimum absolute atomic E-state index is 0.744. The second-order valence-electron chi connectivity index (χ2n) is 5.78.